The van der Waals surface area contributed by atoms with E-state index < -0.39 is 0 Å². The van der Waals surface area contributed by atoms with E-state index in [-0.39, 0.29) is 17.9 Å². The normalized spacial score (nSPS) is 19.5. The highest BCUT2D eigenvalue weighted by molar-refractivity contribution is 5.81. The molecule has 1 heterocycles. The van der Waals surface area contributed by atoms with Crippen molar-refractivity contribution in [2.75, 3.05) is 26.2 Å². The van der Waals surface area contributed by atoms with Crippen LogP contribution in [0.4, 0.5) is 0 Å². The maximum absolute atomic E-state index is 11.5. The Hall–Kier alpha value is -0.610. The van der Waals surface area contributed by atoms with Crippen LogP contribution in [0, 0.1) is 5.92 Å². The van der Waals surface area contributed by atoms with Crippen molar-refractivity contribution in [2.45, 2.75) is 32.7 Å². The first-order valence-electron chi connectivity index (χ1n) is 5.87. The van der Waals surface area contributed by atoms with Gasteiger partial charge < -0.3 is 16.0 Å². The summed E-state index contributed by atoms with van der Waals surface area (Å²) in [5, 5.41) is 2.89. The average molecular weight is 213 g/mol. The first kappa shape index (κ1) is 12.5. The van der Waals surface area contributed by atoms with Crippen LogP contribution >= 0.6 is 0 Å². The van der Waals surface area contributed by atoms with E-state index in [1.807, 2.05) is 13.8 Å². The molecule has 0 aromatic carbocycles. The molecule has 1 saturated heterocycles. The molecule has 1 amide bonds. The van der Waals surface area contributed by atoms with Crippen molar-refractivity contribution in [2.24, 2.45) is 11.7 Å². The summed E-state index contributed by atoms with van der Waals surface area (Å²) < 4.78 is 0. The Morgan fingerprint density at radius 3 is 2.53 bits per heavy atom. The summed E-state index contributed by atoms with van der Waals surface area (Å²) in [4.78, 5) is 13.9. The molecule has 0 bridgehead atoms. The standard InChI is InChI=1S/C11H23N3O/c1-9(2)10(12)11(15)13-5-8-14-6-3-4-7-14/h9-10H,3-8,12H2,1-2H3,(H,13,15). The number of rotatable bonds is 5. The smallest absolute Gasteiger partial charge is 0.237 e. The molecule has 88 valence electrons. The van der Waals surface area contributed by atoms with E-state index in [4.69, 9.17) is 5.73 Å². The number of nitrogens with two attached hydrogens (primary N) is 1. The van der Waals surface area contributed by atoms with Crippen molar-refractivity contribution in [1.29, 1.82) is 0 Å². The molecule has 1 aliphatic heterocycles. The van der Waals surface area contributed by atoms with Crippen molar-refractivity contribution >= 4 is 5.91 Å². The minimum absolute atomic E-state index is 0.0239. The van der Waals surface area contributed by atoms with E-state index in [0.717, 1.165) is 13.1 Å². The Balaban J connectivity index is 2.11. The summed E-state index contributed by atoms with van der Waals surface area (Å²) in [6.07, 6.45) is 2.58. The van der Waals surface area contributed by atoms with E-state index in [9.17, 15) is 4.79 Å². The van der Waals surface area contributed by atoms with Gasteiger partial charge in [0.1, 0.15) is 0 Å². The number of nitrogens with one attached hydrogen (secondary N) is 1. The minimum atomic E-state index is -0.372. The molecule has 1 atom stereocenters. The lowest BCUT2D eigenvalue weighted by Gasteiger charge is -2.18. The summed E-state index contributed by atoms with van der Waals surface area (Å²) in [7, 11) is 0. The van der Waals surface area contributed by atoms with Gasteiger partial charge in [0.2, 0.25) is 5.91 Å². The van der Waals surface area contributed by atoms with Gasteiger partial charge in [0, 0.05) is 13.1 Å². The number of carbonyl (C=O) groups excluding carboxylic acids is 1. The van der Waals surface area contributed by atoms with Crippen LogP contribution in [0.5, 0.6) is 0 Å². The third kappa shape index (κ3) is 4.18. The molecule has 15 heavy (non-hydrogen) atoms. The molecule has 0 spiro atoms. The lowest BCUT2D eigenvalue weighted by Crippen LogP contribution is -2.45. The zero-order valence-corrected chi connectivity index (χ0v) is 9.83. The highest BCUT2D eigenvalue weighted by atomic mass is 16.2. The lowest BCUT2D eigenvalue weighted by atomic mass is 10.1. The minimum Gasteiger partial charge on any atom is -0.353 e. The molecule has 4 nitrogen and oxygen atoms in total. The maximum atomic E-state index is 11.5. The summed E-state index contributed by atoms with van der Waals surface area (Å²) >= 11 is 0. The number of amides is 1. The summed E-state index contributed by atoms with van der Waals surface area (Å²) in [6, 6.07) is -0.372. The number of hydrogen-bond acceptors (Lipinski definition) is 3. The van der Waals surface area contributed by atoms with E-state index in [1.54, 1.807) is 0 Å². The first-order valence-corrected chi connectivity index (χ1v) is 5.87. The van der Waals surface area contributed by atoms with Crippen LogP contribution in [0.1, 0.15) is 26.7 Å². The zero-order valence-electron chi connectivity index (χ0n) is 9.83. The first-order chi connectivity index (χ1) is 7.11. The Morgan fingerprint density at radius 1 is 1.40 bits per heavy atom. The van der Waals surface area contributed by atoms with Gasteiger partial charge >= 0.3 is 0 Å². The second-order valence-electron chi connectivity index (χ2n) is 4.61. The highest BCUT2D eigenvalue weighted by Crippen LogP contribution is 2.05. The molecule has 4 heteroatoms. The highest BCUT2D eigenvalue weighted by Gasteiger charge is 2.17. The average Bonchev–Trinajstić information content (AvgIpc) is 2.69. The molecule has 1 fully saturated rings. The van der Waals surface area contributed by atoms with Crippen molar-refractivity contribution in [3.05, 3.63) is 0 Å². The van der Waals surface area contributed by atoms with Gasteiger partial charge in [-0.05, 0) is 31.8 Å². The summed E-state index contributed by atoms with van der Waals surface area (Å²) in [5.74, 6) is 0.181. The van der Waals surface area contributed by atoms with Crippen molar-refractivity contribution in [3.8, 4) is 0 Å². The fourth-order valence-electron chi connectivity index (χ4n) is 1.76. The van der Waals surface area contributed by atoms with Crippen LogP contribution in [0.15, 0.2) is 0 Å². The van der Waals surface area contributed by atoms with Crippen LogP contribution < -0.4 is 11.1 Å². The second-order valence-corrected chi connectivity index (χ2v) is 4.61. The van der Waals surface area contributed by atoms with Crippen molar-refractivity contribution in [1.82, 2.24) is 10.2 Å². The largest absolute Gasteiger partial charge is 0.353 e. The molecular formula is C11H23N3O. The molecule has 1 rings (SSSR count). The third-order valence-corrected chi connectivity index (χ3v) is 2.95. The predicted octanol–water partition coefficient (Wildman–Crippen LogP) is 0.182. The van der Waals surface area contributed by atoms with E-state index >= 15 is 0 Å². The van der Waals surface area contributed by atoms with Gasteiger partial charge in [-0.3, -0.25) is 4.79 Å². The number of hydrogen-bond donors (Lipinski definition) is 2. The number of carbonyl (C=O) groups is 1. The third-order valence-electron chi connectivity index (χ3n) is 2.95. The fraction of sp³-hybridized carbons (Fsp3) is 0.909. The molecule has 0 aliphatic carbocycles. The van der Waals surface area contributed by atoms with Gasteiger partial charge in [0.25, 0.3) is 0 Å². The quantitative estimate of drug-likeness (QED) is 0.685. The molecule has 1 aliphatic rings. The monoisotopic (exact) mass is 213 g/mol. The molecular weight excluding hydrogens is 190 g/mol. The van der Waals surface area contributed by atoms with Gasteiger partial charge in [-0.15, -0.1) is 0 Å². The second kappa shape index (κ2) is 6.08. The van der Waals surface area contributed by atoms with Gasteiger partial charge in [-0.2, -0.15) is 0 Å². The summed E-state index contributed by atoms with van der Waals surface area (Å²) in [5.41, 5.74) is 5.73. The van der Waals surface area contributed by atoms with E-state index in [0.29, 0.717) is 0 Å². The fourth-order valence-corrected chi connectivity index (χ4v) is 1.76. The van der Waals surface area contributed by atoms with Gasteiger partial charge in [0.05, 0.1) is 6.04 Å². The number of likely N-dealkylation sites (tertiary alicyclic amines) is 1. The van der Waals surface area contributed by atoms with Crippen molar-refractivity contribution < 1.29 is 4.79 Å². The summed E-state index contributed by atoms with van der Waals surface area (Å²) in [6.45, 7) is 7.95. The lowest BCUT2D eigenvalue weighted by molar-refractivity contribution is -0.123. The maximum Gasteiger partial charge on any atom is 0.237 e. The van der Waals surface area contributed by atoms with Gasteiger partial charge in [0.15, 0.2) is 0 Å². The van der Waals surface area contributed by atoms with Gasteiger partial charge in [-0.25, -0.2) is 0 Å². The van der Waals surface area contributed by atoms with Crippen LogP contribution in [0.25, 0.3) is 0 Å². The molecule has 3 N–H and O–H groups in total. The predicted molar refractivity (Wildman–Crippen MR) is 61.5 cm³/mol. The Labute approximate surface area is 92.2 Å². The van der Waals surface area contributed by atoms with E-state index in [1.165, 1.54) is 25.9 Å². The molecule has 0 aromatic heterocycles. The Morgan fingerprint density at radius 2 is 2.00 bits per heavy atom. The molecule has 0 saturated carbocycles. The van der Waals surface area contributed by atoms with E-state index in [2.05, 4.69) is 10.2 Å². The molecule has 0 aromatic rings. The Bertz CT molecular complexity index is 200. The number of nitrogens with zero attached hydrogens (tertiary/aromatic N) is 1. The van der Waals surface area contributed by atoms with Crippen LogP contribution in [-0.4, -0.2) is 43.0 Å². The molecule has 1 unspecified atom stereocenters. The molecule has 0 radical (unpaired) electrons. The SMILES string of the molecule is CC(C)C(N)C(=O)NCCN1CCCC1. The van der Waals surface area contributed by atoms with Gasteiger partial charge in [-0.1, -0.05) is 13.8 Å². The van der Waals surface area contributed by atoms with Crippen LogP contribution in [-0.2, 0) is 4.79 Å². The van der Waals surface area contributed by atoms with Crippen molar-refractivity contribution in [3.63, 3.8) is 0 Å². The zero-order chi connectivity index (χ0) is 11.3. The topological polar surface area (TPSA) is 58.4 Å². The Kier molecular flexibility index (Phi) is 5.05. The van der Waals surface area contributed by atoms with Crippen LogP contribution in [0.2, 0.25) is 0 Å². The van der Waals surface area contributed by atoms with Crippen LogP contribution in [0.3, 0.4) is 0 Å².